The molecular formula is C18H18N6OS. The van der Waals surface area contributed by atoms with E-state index in [1.165, 1.54) is 30.5 Å². The second-order valence-corrected chi connectivity index (χ2v) is 7.06. The van der Waals surface area contributed by atoms with Crippen LogP contribution >= 0.6 is 11.3 Å². The number of amides is 1. The average Bonchev–Trinajstić information content (AvgIpc) is 3.42. The van der Waals surface area contributed by atoms with Crippen molar-refractivity contribution in [3.63, 3.8) is 0 Å². The molecule has 0 aliphatic heterocycles. The first-order chi connectivity index (χ1) is 12.8. The highest BCUT2D eigenvalue weighted by molar-refractivity contribution is 7.13. The number of rotatable bonds is 5. The van der Waals surface area contributed by atoms with E-state index in [1.807, 2.05) is 17.5 Å². The number of hydrogen-bond donors (Lipinski definition) is 1. The molecule has 3 heterocycles. The van der Waals surface area contributed by atoms with Gasteiger partial charge in [-0.2, -0.15) is 5.10 Å². The molecule has 1 amide bonds. The summed E-state index contributed by atoms with van der Waals surface area (Å²) in [6, 6.07) is 3.73. The highest BCUT2D eigenvalue weighted by atomic mass is 32.1. The Labute approximate surface area is 154 Å². The lowest BCUT2D eigenvalue weighted by molar-refractivity contribution is -0.111. The number of hydrogen-bond acceptors (Lipinski definition) is 6. The molecular weight excluding hydrogens is 348 g/mol. The molecule has 8 heteroatoms. The first-order valence-electron chi connectivity index (χ1n) is 8.54. The summed E-state index contributed by atoms with van der Waals surface area (Å²) in [6.45, 7) is 0. The van der Waals surface area contributed by atoms with E-state index in [2.05, 4.69) is 31.4 Å². The molecule has 0 unspecified atom stereocenters. The van der Waals surface area contributed by atoms with E-state index in [4.69, 9.17) is 0 Å². The van der Waals surface area contributed by atoms with Crippen LogP contribution in [0.5, 0.6) is 0 Å². The van der Waals surface area contributed by atoms with Crippen LogP contribution in [0.3, 0.4) is 0 Å². The van der Waals surface area contributed by atoms with Gasteiger partial charge < -0.3 is 0 Å². The lowest BCUT2D eigenvalue weighted by Gasteiger charge is -2.11. The minimum absolute atomic E-state index is 0.151. The zero-order chi connectivity index (χ0) is 17.8. The fraction of sp³-hybridized carbons (Fsp3) is 0.278. The summed E-state index contributed by atoms with van der Waals surface area (Å²) in [5.74, 6) is 0.941. The highest BCUT2D eigenvalue weighted by Gasteiger charge is 2.19. The number of nitrogens with one attached hydrogen (secondary N) is 1. The van der Waals surface area contributed by atoms with Gasteiger partial charge in [-0.05, 0) is 30.9 Å². The van der Waals surface area contributed by atoms with Crippen molar-refractivity contribution >= 4 is 27.9 Å². The van der Waals surface area contributed by atoms with Crippen molar-refractivity contribution in [2.24, 2.45) is 5.92 Å². The maximum absolute atomic E-state index is 12.8. The van der Waals surface area contributed by atoms with E-state index < -0.39 is 0 Å². The van der Waals surface area contributed by atoms with Crippen molar-refractivity contribution < 1.29 is 4.79 Å². The van der Waals surface area contributed by atoms with Crippen LogP contribution in [0.2, 0.25) is 0 Å². The average molecular weight is 366 g/mol. The maximum Gasteiger partial charge on any atom is 0.257 e. The van der Waals surface area contributed by atoms with Crippen LogP contribution < -0.4 is 5.32 Å². The zero-order valence-electron chi connectivity index (χ0n) is 14.1. The molecule has 4 rings (SSSR count). The number of aromatic nitrogens is 5. The van der Waals surface area contributed by atoms with Crippen molar-refractivity contribution in [1.82, 2.24) is 24.7 Å². The smallest absolute Gasteiger partial charge is 0.257 e. The fourth-order valence-corrected chi connectivity index (χ4v) is 3.64. The number of anilines is 1. The molecule has 1 saturated carbocycles. The van der Waals surface area contributed by atoms with Gasteiger partial charge in [-0.25, -0.2) is 19.6 Å². The standard InChI is InChI=1S/C18H18N6OS/c25-17(23-18-20-7-8-26-18)15(9-13-3-1-2-4-13)14-5-6-16(21-10-14)24-12-19-11-22-24/h5-13H,1-4H2,(H,20,23,25)/b15-9+. The number of thiazole rings is 1. The minimum Gasteiger partial charge on any atom is -0.298 e. The second-order valence-electron chi connectivity index (χ2n) is 6.16. The summed E-state index contributed by atoms with van der Waals surface area (Å²) in [7, 11) is 0. The monoisotopic (exact) mass is 366 g/mol. The van der Waals surface area contributed by atoms with Crippen LogP contribution in [0, 0.1) is 5.92 Å². The molecule has 26 heavy (non-hydrogen) atoms. The molecule has 0 aromatic carbocycles. The molecule has 0 bridgehead atoms. The molecule has 3 aromatic heterocycles. The molecule has 1 aliphatic carbocycles. The Morgan fingerprint density at radius 2 is 2.15 bits per heavy atom. The van der Waals surface area contributed by atoms with E-state index >= 15 is 0 Å². The molecule has 1 fully saturated rings. The SMILES string of the molecule is O=C(Nc1nccs1)/C(=C/C1CCCC1)c1ccc(-n2cncn2)nc1. The van der Waals surface area contributed by atoms with Crippen molar-refractivity contribution in [2.75, 3.05) is 5.32 Å². The Bertz CT molecular complexity index is 880. The van der Waals surface area contributed by atoms with Gasteiger partial charge in [0.1, 0.15) is 12.7 Å². The van der Waals surface area contributed by atoms with Gasteiger partial charge in [-0.3, -0.25) is 10.1 Å². The van der Waals surface area contributed by atoms with Gasteiger partial charge in [0.05, 0.1) is 0 Å². The third kappa shape index (κ3) is 3.70. The van der Waals surface area contributed by atoms with Gasteiger partial charge in [0.15, 0.2) is 10.9 Å². The normalized spacial score (nSPS) is 15.3. The number of nitrogens with zero attached hydrogens (tertiary/aromatic N) is 5. The van der Waals surface area contributed by atoms with E-state index in [9.17, 15) is 4.79 Å². The number of pyridine rings is 1. The predicted molar refractivity (Wildman–Crippen MR) is 99.8 cm³/mol. The van der Waals surface area contributed by atoms with E-state index in [-0.39, 0.29) is 5.91 Å². The summed E-state index contributed by atoms with van der Waals surface area (Å²) in [4.78, 5) is 25.3. The predicted octanol–water partition coefficient (Wildman–Crippen LogP) is 3.33. The van der Waals surface area contributed by atoms with Gasteiger partial charge >= 0.3 is 0 Å². The Kier molecular flexibility index (Phi) is 4.83. The molecule has 1 aliphatic rings. The minimum atomic E-state index is -0.151. The van der Waals surface area contributed by atoms with Crippen molar-refractivity contribution in [2.45, 2.75) is 25.7 Å². The summed E-state index contributed by atoms with van der Waals surface area (Å²) in [5.41, 5.74) is 1.43. The van der Waals surface area contributed by atoms with Crippen LogP contribution in [0.25, 0.3) is 11.4 Å². The molecule has 0 radical (unpaired) electrons. The first-order valence-corrected chi connectivity index (χ1v) is 9.41. The second kappa shape index (κ2) is 7.57. The summed E-state index contributed by atoms with van der Waals surface area (Å²) >= 11 is 1.40. The summed E-state index contributed by atoms with van der Waals surface area (Å²) in [6.07, 6.45) is 13.2. The van der Waals surface area contributed by atoms with Gasteiger partial charge in [0, 0.05) is 28.9 Å². The fourth-order valence-electron chi connectivity index (χ4n) is 3.12. The van der Waals surface area contributed by atoms with Crippen LogP contribution in [-0.4, -0.2) is 30.6 Å². The van der Waals surface area contributed by atoms with E-state index in [1.54, 1.807) is 23.4 Å². The molecule has 7 nitrogen and oxygen atoms in total. The van der Waals surface area contributed by atoms with Crippen LogP contribution in [0.4, 0.5) is 5.13 Å². The topological polar surface area (TPSA) is 85.6 Å². The molecule has 0 spiro atoms. The van der Waals surface area contributed by atoms with Gasteiger partial charge in [-0.1, -0.05) is 18.9 Å². The van der Waals surface area contributed by atoms with Gasteiger partial charge in [0.2, 0.25) is 0 Å². The Morgan fingerprint density at radius 3 is 2.81 bits per heavy atom. The Hall–Kier alpha value is -2.87. The highest BCUT2D eigenvalue weighted by Crippen LogP contribution is 2.30. The zero-order valence-corrected chi connectivity index (χ0v) is 14.9. The first kappa shape index (κ1) is 16.6. The Morgan fingerprint density at radius 1 is 1.27 bits per heavy atom. The number of carbonyl (C=O) groups is 1. The van der Waals surface area contributed by atoms with Gasteiger partial charge in [0.25, 0.3) is 5.91 Å². The maximum atomic E-state index is 12.8. The molecule has 3 aromatic rings. The van der Waals surface area contributed by atoms with Crippen molar-refractivity contribution in [3.8, 4) is 5.82 Å². The third-order valence-electron chi connectivity index (χ3n) is 4.41. The lowest BCUT2D eigenvalue weighted by atomic mass is 9.99. The quantitative estimate of drug-likeness (QED) is 0.700. The molecule has 0 atom stereocenters. The number of carbonyl (C=O) groups excluding carboxylic acids is 1. The van der Waals surface area contributed by atoms with E-state index in [0.717, 1.165) is 18.4 Å². The Balaban J connectivity index is 1.62. The molecule has 132 valence electrons. The largest absolute Gasteiger partial charge is 0.298 e. The third-order valence-corrected chi connectivity index (χ3v) is 5.10. The summed E-state index contributed by atoms with van der Waals surface area (Å²) < 4.78 is 1.58. The van der Waals surface area contributed by atoms with Crippen molar-refractivity contribution in [1.29, 1.82) is 0 Å². The van der Waals surface area contributed by atoms with Crippen LogP contribution in [0.1, 0.15) is 31.2 Å². The van der Waals surface area contributed by atoms with Crippen LogP contribution in [0.15, 0.2) is 48.6 Å². The molecule has 0 saturated heterocycles. The lowest BCUT2D eigenvalue weighted by Crippen LogP contribution is -2.15. The van der Waals surface area contributed by atoms with Crippen molar-refractivity contribution in [3.05, 3.63) is 54.2 Å². The van der Waals surface area contributed by atoms with Crippen LogP contribution in [-0.2, 0) is 4.79 Å². The molecule has 1 N–H and O–H groups in total. The summed E-state index contributed by atoms with van der Waals surface area (Å²) in [5, 5.41) is 9.39. The number of allylic oxidation sites excluding steroid dienone is 1. The van der Waals surface area contributed by atoms with Gasteiger partial charge in [-0.15, -0.1) is 11.3 Å². The van der Waals surface area contributed by atoms with E-state index in [0.29, 0.717) is 22.4 Å².